The van der Waals surface area contributed by atoms with Crippen molar-refractivity contribution in [3.05, 3.63) is 29.8 Å². The average molecular weight is 236 g/mol. The van der Waals surface area contributed by atoms with Gasteiger partial charge in [-0.1, -0.05) is 26.0 Å². The number of carbonyl (C=O) groups is 1. The van der Waals surface area contributed by atoms with Crippen molar-refractivity contribution in [2.75, 3.05) is 7.11 Å². The van der Waals surface area contributed by atoms with Gasteiger partial charge in [0.1, 0.15) is 5.75 Å². The zero-order valence-corrected chi connectivity index (χ0v) is 10.9. The largest absolute Gasteiger partial charge is 0.426 e. The molecule has 0 saturated heterocycles. The number of methoxy groups -OCH3 is 1. The van der Waals surface area contributed by atoms with Crippen LogP contribution in [0.4, 0.5) is 0 Å². The smallest absolute Gasteiger partial charge is 0.314 e. The standard InChI is InChI=1S/C14H20O3/c1-5-10(2)14(15)17-13-8-6-12(7-9-13)11(3)16-4/h6-11H,5H2,1-4H3. The summed E-state index contributed by atoms with van der Waals surface area (Å²) in [5, 5.41) is 0. The monoisotopic (exact) mass is 236 g/mol. The number of rotatable bonds is 5. The maximum Gasteiger partial charge on any atom is 0.314 e. The minimum absolute atomic E-state index is 0.0503. The van der Waals surface area contributed by atoms with Gasteiger partial charge in [0, 0.05) is 7.11 Å². The van der Waals surface area contributed by atoms with E-state index in [1.165, 1.54) is 0 Å². The van der Waals surface area contributed by atoms with Crippen LogP contribution in [-0.4, -0.2) is 13.1 Å². The molecule has 0 aliphatic heterocycles. The van der Waals surface area contributed by atoms with Gasteiger partial charge in [-0.2, -0.15) is 0 Å². The molecule has 0 radical (unpaired) electrons. The van der Waals surface area contributed by atoms with Gasteiger partial charge in [-0.15, -0.1) is 0 Å². The Morgan fingerprint density at radius 2 is 1.82 bits per heavy atom. The molecule has 0 spiro atoms. The molecule has 0 aromatic heterocycles. The summed E-state index contributed by atoms with van der Waals surface area (Å²) < 4.78 is 10.5. The van der Waals surface area contributed by atoms with Crippen molar-refractivity contribution in [2.24, 2.45) is 5.92 Å². The molecule has 3 nitrogen and oxygen atoms in total. The van der Waals surface area contributed by atoms with E-state index < -0.39 is 0 Å². The van der Waals surface area contributed by atoms with Crippen LogP contribution in [0.3, 0.4) is 0 Å². The van der Waals surface area contributed by atoms with Gasteiger partial charge in [0.15, 0.2) is 0 Å². The molecule has 0 saturated carbocycles. The highest BCUT2D eigenvalue weighted by Crippen LogP contribution is 2.20. The summed E-state index contributed by atoms with van der Waals surface area (Å²) in [5.74, 6) is 0.343. The maximum atomic E-state index is 11.6. The van der Waals surface area contributed by atoms with Crippen LogP contribution in [0, 0.1) is 5.92 Å². The van der Waals surface area contributed by atoms with E-state index in [4.69, 9.17) is 9.47 Å². The van der Waals surface area contributed by atoms with Gasteiger partial charge < -0.3 is 9.47 Å². The van der Waals surface area contributed by atoms with Crippen molar-refractivity contribution >= 4 is 5.97 Å². The Bertz CT molecular complexity index is 356. The third-order valence-electron chi connectivity index (χ3n) is 2.94. The van der Waals surface area contributed by atoms with E-state index in [0.29, 0.717) is 5.75 Å². The average Bonchev–Trinajstić information content (AvgIpc) is 2.37. The van der Waals surface area contributed by atoms with E-state index in [1.54, 1.807) is 19.2 Å². The summed E-state index contributed by atoms with van der Waals surface area (Å²) in [6, 6.07) is 7.41. The van der Waals surface area contributed by atoms with Crippen molar-refractivity contribution in [3.63, 3.8) is 0 Å². The van der Waals surface area contributed by atoms with Crippen LogP contribution in [0.2, 0.25) is 0 Å². The van der Waals surface area contributed by atoms with Gasteiger partial charge in [-0.3, -0.25) is 4.79 Å². The predicted octanol–water partition coefficient (Wildman–Crippen LogP) is 3.35. The molecule has 1 aromatic carbocycles. The lowest BCUT2D eigenvalue weighted by molar-refractivity contribution is -0.138. The fourth-order valence-corrected chi connectivity index (χ4v) is 1.33. The molecule has 1 rings (SSSR count). The Hall–Kier alpha value is -1.35. The Kier molecular flexibility index (Phi) is 5.16. The van der Waals surface area contributed by atoms with Gasteiger partial charge in [0.05, 0.1) is 12.0 Å². The Morgan fingerprint density at radius 3 is 2.29 bits per heavy atom. The molecule has 1 aromatic rings. The van der Waals surface area contributed by atoms with Crippen LogP contribution in [0.25, 0.3) is 0 Å². The van der Waals surface area contributed by atoms with E-state index >= 15 is 0 Å². The maximum absolute atomic E-state index is 11.6. The third-order valence-corrected chi connectivity index (χ3v) is 2.94. The number of hydrogen-bond donors (Lipinski definition) is 0. The zero-order valence-electron chi connectivity index (χ0n) is 10.9. The summed E-state index contributed by atoms with van der Waals surface area (Å²) in [6.45, 7) is 5.80. The van der Waals surface area contributed by atoms with Gasteiger partial charge in [-0.25, -0.2) is 0 Å². The lowest BCUT2D eigenvalue weighted by Gasteiger charge is -2.12. The van der Waals surface area contributed by atoms with Crippen molar-refractivity contribution in [2.45, 2.75) is 33.3 Å². The van der Waals surface area contributed by atoms with Gasteiger partial charge in [0.2, 0.25) is 0 Å². The molecule has 2 atom stereocenters. The molecule has 2 unspecified atom stereocenters. The van der Waals surface area contributed by atoms with Gasteiger partial charge >= 0.3 is 5.97 Å². The number of benzene rings is 1. The lowest BCUT2D eigenvalue weighted by atomic mass is 10.1. The fraction of sp³-hybridized carbons (Fsp3) is 0.500. The molecule has 3 heteroatoms. The summed E-state index contributed by atoms with van der Waals surface area (Å²) in [5.41, 5.74) is 1.07. The first-order valence-electron chi connectivity index (χ1n) is 5.93. The molecule has 0 fully saturated rings. The lowest BCUT2D eigenvalue weighted by Crippen LogP contribution is -2.16. The zero-order chi connectivity index (χ0) is 12.8. The molecule has 0 heterocycles. The van der Waals surface area contributed by atoms with Crippen LogP contribution < -0.4 is 4.74 Å². The van der Waals surface area contributed by atoms with Crippen LogP contribution in [0.15, 0.2) is 24.3 Å². The molecule has 94 valence electrons. The molecular formula is C14H20O3. The Morgan fingerprint density at radius 1 is 1.24 bits per heavy atom. The van der Waals surface area contributed by atoms with Crippen LogP contribution in [-0.2, 0) is 9.53 Å². The minimum atomic E-state index is -0.181. The van der Waals surface area contributed by atoms with Gasteiger partial charge in [0.25, 0.3) is 0 Å². The second kappa shape index (κ2) is 6.40. The van der Waals surface area contributed by atoms with Crippen molar-refractivity contribution in [1.29, 1.82) is 0 Å². The Balaban J connectivity index is 2.65. The molecule has 17 heavy (non-hydrogen) atoms. The predicted molar refractivity (Wildman–Crippen MR) is 67.0 cm³/mol. The summed E-state index contributed by atoms with van der Waals surface area (Å²) in [4.78, 5) is 11.6. The van der Waals surface area contributed by atoms with E-state index in [2.05, 4.69) is 0 Å². The van der Waals surface area contributed by atoms with E-state index in [1.807, 2.05) is 32.9 Å². The van der Waals surface area contributed by atoms with E-state index in [-0.39, 0.29) is 18.0 Å². The second-order valence-electron chi connectivity index (χ2n) is 4.18. The highest BCUT2D eigenvalue weighted by atomic mass is 16.5. The number of esters is 1. The summed E-state index contributed by atoms with van der Waals surface area (Å²) in [6.07, 6.45) is 0.840. The fourth-order valence-electron chi connectivity index (χ4n) is 1.33. The Labute approximate surface area is 103 Å². The first-order chi connectivity index (χ1) is 8.08. The van der Waals surface area contributed by atoms with Crippen molar-refractivity contribution < 1.29 is 14.3 Å². The quantitative estimate of drug-likeness (QED) is 0.581. The number of ether oxygens (including phenoxy) is 2. The van der Waals surface area contributed by atoms with E-state index in [9.17, 15) is 4.79 Å². The van der Waals surface area contributed by atoms with Crippen molar-refractivity contribution in [3.8, 4) is 5.75 Å². The molecular weight excluding hydrogens is 216 g/mol. The van der Waals surface area contributed by atoms with Crippen LogP contribution >= 0.6 is 0 Å². The molecule has 0 aliphatic carbocycles. The number of carbonyl (C=O) groups excluding carboxylic acids is 1. The first-order valence-corrected chi connectivity index (χ1v) is 5.93. The minimum Gasteiger partial charge on any atom is -0.426 e. The van der Waals surface area contributed by atoms with E-state index in [0.717, 1.165) is 12.0 Å². The molecule has 0 amide bonds. The van der Waals surface area contributed by atoms with Crippen LogP contribution in [0.1, 0.15) is 38.9 Å². The summed E-state index contributed by atoms with van der Waals surface area (Å²) >= 11 is 0. The molecule has 0 N–H and O–H groups in total. The second-order valence-corrected chi connectivity index (χ2v) is 4.18. The normalized spacial score (nSPS) is 14.1. The number of hydrogen-bond acceptors (Lipinski definition) is 3. The topological polar surface area (TPSA) is 35.5 Å². The first kappa shape index (κ1) is 13.7. The van der Waals surface area contributed by atoms with Gasteiger partial charge in [-0.05, 0) is 31.0 Å². The molecule has 0 aliphatic rings. The summed E-state index contributed by atoms with van der Waals surface area (Å²) in [7, 11) is 1.67. The molecule has 0 bridgehead atoms. The third kappa shape index (κ3) is 3.86. The van der Waals surface area contributed by atoms with Crippen molar-refractivity contribution in [1.82, 2.24) is 0 Å². The SMILES string of the molecule is CCC(C)C(=O)Oc1ccc(C(C)OC)cc1. The highest BCUT2D eigenvalue weighted by molar-refractivity contribution is 5.74. The highest BCUT2D eigenvalue weighted by Gasteiger charge is 2.13. The van der Waals surface area contributed by atoms with Crippen LogP contribution in [0.5, 0.6) is 5.75 Å².